The Labute approximate surface area is 106 Å². The van der Waals surface area contributed by atoms with E-state index in [4.69, 9.17) is 9.84 Å². The van der Waals surface area contributed by atoms with Crippen molar-refractivity contribution in [2.45, 2.75) is 25.3 Å². The lowest BCUT2D eigenvalue weighted by molar-refractivity contribution is -0.139. The summed E-state index contributed by atoms with van der Waals surface area (Å²) in [4.78, 5) is 24.6. The molecule has 2 fully saturated rings. The highest BCUT2D eigenvalue weighted by molar-refractivity contribution is 5.82. The molecule has 2 saturated heterocycles. The summed E-state index contributed by atoms with van der Waals surface area (Å²) in [5, 5.41) is 11.9. The van der Waals surface area contributed by atoms with Crippen molar-refractivity contribution in [3.05, 3.63) is 0 Å². The number of hydrogen-bond donors (Lipinski definition) is 2. The lowest BCUT2D eigenvalue weighted by Gasteiger charge is -2.35. The maximum absolute atomic E-state index is 12.1. The van der Waals surface area contributed by atoms with Gasteiger partial charge < -0.3 is 20.1 Å². The van der Waals surface area contributed by atoms with Gasteiger partial charge in [0.25, 0.3) is 0 Å². The molecule has 0 radical (unpaired) electrons. The topological polar surface area (TPSA) is 78.9 Å². The number of carboxylic acid groups (broad SMARTS) is 1. The van der Waals surface area contributed by atoms with Gasteiger partial charge in [-0.25, -0.2) is 0 Å². The summed E-state index contributed by atoms with van der Waals surface area (Å²) in [6, 6.07) is -0.227. The van der Waals surface area contributed by atoms with Crippen LogP contribution in [-0.4, -0.2) is 60.8 Å². The Balaban J connectivity index is 1.78. The van der Waals surface area contributed by atoms with Crippen molar-refractivity contribution >= 4 is 11.9 Å². The van der Waals surface area contributed by atoms with Crippen molar-refractivity contribution < 1.29 is 19.4 Å². The molecule has 0 spiro atoms. The molecule has 2 N–H and O–H groups in total. The fourth-order valence-corrected chi connectivity index (χ4v) is 2.55. The number of nitrogens with one attached hydrogen (secondary N) is 1. The molecular weight excluding hydrogens is 236 g/mol. The molecule has 18 heavy (non-hydrogen) atoms. The molecule has 102 valence electrons. The van der Waals surface area contributed by atoms with E-state index in [0.29, 0.717) is 32.8 Å². The maximum atomic E-state index is 12.1. The van der Waals surface area contributed by atoms with Crippen LogP contribution in [0.3, 0.4) is 0 Å². The predicted molar refractivity (Wildman–Crippen MR) is 64.2 cm³/mol. The van der Waals surface area contributed by atoms with E-state index >= 15 is 0 Å². The minimum Gasteiger partial charge on any atom is -0.481 e. The normalized spacial score (nSPS) is 26.0. The number of likely N-dealkylation sites (tertiary alicyclic amines) is 1. The highest BCUT2D eigenvalue weighted by Gasteiger charge is 2.29. The molecular formula is C12H20N2O4. The van der Waals surface area contributed by atoms with Crippen molar-refractivity contribution in [1.82, 2.24) is 10.2 Å². The zero-order valence-corrected chi connectivity index (χ0v) is 10.4. The van der Waals surface area contributed by atoms with Gasteiger partial charge in [0.1, 0.15) is 6.04 Å². The smallest absolute Gasteiger partial charge is 0.303 e. The molecule has 0 aromatic rings. The summed E-state index contributed by atoms with van der Waals surface area (Å²) >= 11 is 0. The summed E-state index contributed by atoms with van der Waals surface area (Å²) < 4.78 is 5.28. The second kappa shape index (κ2) is 6.15. The van der Waals surface area contributed by atoms with Gasteiger partial charge in [0.05, 0.1) is 13.2 Å². The number of aliphatic carboxylic acids is 1. The largest absolute Gasteiger partial charge is 0.481 e. The van der Waals surface area contributed by atoms with Crippen LogP contribution >= 0.6 is 0 Å². The number of carbonyl (C=O) groups is 2. The summed E-state index contributed by atoms with van der Waals surface area (Å²) in [5.74, 6) is -0.451. The van der Waals surface area contributed by atoms with Crippen LogP contribution in [0.15, 0.2) is 0 Å². The number of amides is 1. The molecule has 1 amide bonds. The van der Waals surface area contributed by atoms with Crippen LogP contribution in [0, 0.1) is 5.92 Å². The van der Waals surface area contributed by atoms with Crippen LogP contribution in [-0.2, 0) is 14.3 Å². The number of carboxylic acids is 1. The standard InChI is InChI=1S/C12H20N2O4/c15-11(16)7-9-1-4-14(5-2-9)12(17)10-8-18-6-3-13-10/h9-10,13H,1-8H2,(H,15,16)/t10-/m0/s1. The number of ether oxygens (including phenoxy) is 1. The third-order valence-corrected chi connectivity index (χ3v) is 3.61. The van der Waals surface area contributed by atoms with Crippen molar-refractivity contribution in [2.75, 3.05) is 32.8 Å². The van der Waals surface area contributed by atoms with Crippen molar-refractivity contribution in [3.63, 3.8) is 0 Å². The molecule has 0 aromatic carbocycles. The highest BCUT2D eigenvalue weighted by Crippen LogP contribution is 2.21. The van der Waals surface area contributed by atoms with Crippen LogP contribution in [0.25, 0.3) is 0 Å². The van der Waals surface area contributed by atoms with Gasteiger partial charge in [-0.3, -0.25) is 9.59 Å². The fourth-order valence-electron chi connectivity index (χ4n) is 2.55. The Morgan fingerprint density at radius 3 is 2.61 bits per heavy atom. The van der Waals surface area contributed by atoms with E-state index < -0.39 is 5.97 Å². The molecule has 0 aromatic heterocycles. The molecule has 2 aliphatic heterocycles. The van der Waals surface area contributed by atoms with Crippen LogP contribution in [0.1, 0.15) is 19.3 Å². The zero-order valence-electron chi connectivity index (χ0n) is 10.4. The van der Waals surface area contributed by atoms with Crippen LogP contribution in [0.5, 0.6) is 0 Å². The van der Waals surface area contributed by atoms with Gasteiger partial charge in [-0.05, 0) is 18.8 Å². The van der Waals surface area contributed by atoms with E-state index in [1.807, 2.05) is 4.90 Å². The second-order valence-electron chi connectivity index (χ2n) is 4.95. The van der Waals surface area contributed by atoms with Gasteiger partial charge in [0.15, 0.2) is 0 Å². The van der Waals surface area contributed by atoms with E-state index in [-0.39, 0.29) is 24.3 Å². The Hall–Kier alpha value is -1.14. The molecule has 0 saturated carbocycles. The monoisotopic (exact) mass is 256 g/mol. The van der Waals surface area contributed by atoms with Crippen molar-refractivity contribution in [1.29, 1.82) is 0 Å². The molecule has 1 atom stereocenters. The lowest BCUT2D eigenvalue weighted by Crippen LogP contribution is -2.54. The van der Waals surface area contributed by atoms with Crippen LogP contribution < -0.4 is 5.32 Å². The number of hydrogen-bond acceptors (Lipinski definition) is 4. The zero-order chi connectivity index (χ0) is 13.0. The number of morpholine rings is 1. The molecule has 0 aliphatic carbocycles. The summed E-state index contributed by atoms with van der Waals surface area (Å²) in [7, 11) is 0. The average molecular weight is 256 g/mol. The van der Waals surface area contributed by atoms with E-state index in [1.54, 1.807) is 0 Å². The van der Waals surface area contributed by atoms with Crippen LogP contribution in [0.2, 0.25) is 0 Å². The van der Waals surface area contributed by atoms with E-state index in [0.717, 1.165) is 12.8 Å². The predicted octanol–water partition coefficient (Wildman–Crippen LogP) is -0.312. The third-order valence-electron chi connectivity index (χ3n) is 3.61. The number of piperidine rings is 1. The Morgan fingerprint density at radius 1 is 1.33 bits per heavy atom. The summed E-state index contributed by atoms with van der Waals surface area (Å²) in [5.41, 5.74) is 0. The highest BCUT2D eigenvalue weighted by atomic mass is 16.5. The van der Waals surface area contributed by atoms with Gasteiger partial charge >= 0.3 is 5.97 Å². The van der Waals surface area contributed by atoms with Crippen molar-refractivity contribution in [2.24, 2.45) is 5.92 Å². The molecule has 0 unspecified atom stereocenters. The van der Waals surface area contributed by atoms with E-state index in [2.05, 4.69) is 5.32 Å². The van der Waals surface area contributed by atoms with Gasteiger partial charge in [0, 0.05) is 26.1 Å². The van der Waals surface area contributed by atoms with E-state index in [1.165, 1.54) is 0 Å². The summed E-state index contributed by atoms with van der Waals surface area (Å²) in [6.07, 6.45) is 1.78. The minimum atomic E-state index is -0.748. The Kier molecular flexibility index (Phi) is 4.54. The minimum absolute atomic E-state index is 0.0866. The molecule has 6 nitrogen and oxygen atoms in total. The number of nitrogens with zero attached hydrogens (tertiary/aromatic N) is 1. The van der Waals surface area contributed by atoms with Gasteiger partial charge in [-0.15, -0.1) is 0 Å². The molecule has 2 rings (SSSR count). The van der Waals surface area contributed by atoms with Gasteiger partial charge in [-0.2, -0.15) is 0 Å². The lowest BCUT2D eigenvalue weighted by atomic mass is 9.93. The maximum Gasteiger partial charge on any atom is 0.303 e. The fraction of sp³-hybridized carbons (Fsp3) is 0.833. The first-order valence-corrected chi connectivity index (χ1v) is 6.48. The SMILES string of the molecule is O=C(O)CC1CCN(C(=O)[C@@H]2COCCN2)CC1. The first-order chi connectivity index (χ1) is 8.66. The third kappa shape index (κ3) is 3.43. The molecule has 6 heteroatoms. The number of carbonyl (C=O) groups excluding carboxylic acids is 1. The molecule has 2 aliphatic rings. The average Bonchev–Trinajstić information content (AvgIpc) is 2.39. The second-order valence-corrected chi connectivity index (χ2v) is 4.95. The van der Waals surface area contributed by atoms with Crippen LogP contribution in [0.4, 0.5) is 0 Å². The van der Waals surface area contributed by atoms with Gasteiger partial charge in [0.2, 0.25) is 5.91 Å². The van der Waals surface area contributed by atoms with Gasteiger partial charge in [-0.1, -0.05) is 0 Å². The first-order valence-electron chi connectivity index (χ1n) is 6.48. The molecule has 0 bridgehead atoms. The first kappa shape index (κ1) is 13.3. The Bertz CT molecular complexity index is 307. The quantitative estimate of drug-likeness (QED) is 0.724. The molecule has 2 heterocycles. The van der Waals surface area contributed by atoms with E-state index in [9.17, 15) is 9.59 Å². The number of rotatable bonds is 3. The van der Waals surface area contributed by atoms with Crippen molar-refractivity contribution in [3.8, 4) is 0 Å². The summed E-state index contributed by atoms with van der Waals surface area (Å²) in [6.45, 7) is 3.13. The Morgan fingerprint density at radius 2 is 2.06 bits per heavy atom.